The summed E-state index contributed by atoms with van der Waals surface area (Å²) in [6, 6.07) is 50.1. The number of ether oxygens (including phenoxy) is 4. The van der Waals surface area contributed by atoms with Gasteiger partial charge >= 0.3 is 0 Å². The largest absolute Gasteiger partial charge is 0.496 e. The second-order valence-corrected chi connectivity index (χ2v) is 35.8. The standard InChI is InChI=1S/C29H38N2O3.C28H36N2O2.C21H31N.C19H27NO/c1-33-16-13-30-29(32)23-7-5-21(6-8-23)24-9-10-28(34-2)26(19-24)22-11-14-31(15-12-22)27-18-20-3-4-25(27)17-20;1-3-29-28(31)22-8-6-20(7-9-22)23-10-11-27(32-2)25(18-23)21-12-14-30(15-13-21)26-17-19-4-5-24(26)16-19;1-16-4-2-3-5-21(16)19-10-12-22(13-11-19)20-9-8-17-6-7-18(14-17)15-20;1-21-19-5-3-2-4-17(19)15-8-10-20(11-9-15)18-13-14-6-7-16(18)12-14/h5-10,19-20,22,25,27H,3-4,11-18H2,1-2H3,(H,30,32);6-11,18-19,21,24,26H,3-5,12-17H2,1-2H3,(H,29,31);2-5,17-20H,6-15H2,1H3;2-5,14-16,18H,6-13H2,1H3/t20-,25-,27-;19-,24-,26-;;14-,16-,18?/m00.0/s1. The molecule has 0 spiro atoms. The maximum absolute atomic E-state index is 12.3. The van der Waals surface area contributed by atoms with Crippen LogP contribution < -0.4 is 24.8 Å². The molecule has 8 aliphatic carbocycles. The Kier molecular flexibility index (Phi) is 26.4. The zero-order valence-electron chi connectivity index (χ0n) is 67.3. The summed E-state index contributed by atoms with van der Waals surface area (Å²) in [7, 11) is 6.99. The van der Waals surface area contributed by atoms with Gasteiger partial charge in [0.25, 0.3) is 11.8 Å². The Bertz CT molecular complexity index is 3900. The van der Waals surface area contributed by atoms with Crippen LogP contribution in [0.3, 0.4) is 0 Å². The topological polar surface area (TPSA) is 108 Å². The minimum absolute atomic E-state index is 0.0169. The average molecular weight is 1480 g/mol. The molecular weight excluding hydrogens is 1350 g/mol. The third-order valence-electron chi connectivity index (χ3n) is 29.7. The fourth-order valence-corrected chi connectivity index (χ4v) is 23.9. The highest BCUT2D eigenvalue weighted by atomic mass is 16.5. The van der Waals surface area contributed by atoms with E-state index in [9.17, 15) is 9.59 Å². The fraction of sp³-hybridized carbons (Fsp3) is 0.608. The number of benzene rings is 6. The van der Waals surface area contributed by atoms with Crippen molar-refractivity contribution in [2.24, 2.45) is 47.3 Å². The van der Waals surface area contributed by atoms with Gasteiger partial charge in [-0.1, -0.05) is 111 Å². The van der Waals surface area contributed by atoms with Gasteiger partial charge in [0.2, 0.25) is 0 Å². The van der Waals surface area contributed by atoms with Gasteiger partial charge in [-0.15, -0.1) is 0 Å². The highest BCUT2D eigenvalue weighted by Crippen LogP contribution is 2.52. The first kappa shape index (κ1) is 77.8. The van der Waals surface area contributed by atoms with E-state index in [-0.39, 0.29) is 11.8 Å². The van der Waals surface area contributed by atoms with Crippen LogP contribution in [0.2, 0.25) is 0 Å². The molecule has 4 unspecified atom stereocenters. The average Bonchev–Trinajstić information content (AvgIpc) is 1.78. The number of aryl methyl sites for hydroxylation is 1. The number of hydrogen-bond donors (Lipinski definition) is 2. The predicted molar refractivity (Wildman–Crippen MR) is 444 cm³/mol. The third-order valence-corrected chi connectivity index (χ3v) is 29.7. The number of nitrogens with zero attached hydrogens (tertiary/aromatic N) is 4. The lowest BCUT2D eigenvalue weighted by Crippen LogP contribution is -2.43. The van der Waals surface area contributed by atoms with Gasteiger partial charge in [-0.3, -0.25) is 9.59 Å². The summed E-state index contributed by atoms with van der Waals surface area (Å²) in [5.41, 5.74) is 13.2. The second-order valence-electron chi connectivity index (χ2n) is 35.8. The summed E-state index contributed by atoms with van der Waals surface area (Å²) < 4.78 is 22.1. The molecule has 4 saturated heterocycles. The Morgan fingerprint density at radius 2 is 0.734 bits per heavy atom. The molecule has 8 bridgehead atoms. The number of hydrogen-bond acceptors (Lipinski definition) is 10. The maximum atomic E-state index is 12.3. The molecule has 586 valence electrons. The van der Waals surface area contributed by atoms with Crippen LogP contribution in [-0.4, -0.2) is 156 Å². The van der Waals surface area contributed by atoms with Gasteiger partial charge in [0.1, 0.15) is 17.2 Å². The number of methoxy groups -OCH3 is 4. The molecule has 12 heteroatoms. The van der Waals surface area contributed by atoms with E-state index in [0.717, 1.165) is 106 Å². The predicted octanol–water partition coefficient (Wildman–Crippen LogP) is 19.8. The van der Waals surface area contributed by atoms with Gasteiger partial charge < -0.3 is 49.2 Å². The monoisotopic (exact) mass is 1480 g/mol. The molecule has 12 nitrogen and oxygen atoms in total. The Morgan fingerprint density at radius 3 is 1.17 bits per heavy atom. The van der Waals surface area contributed by atoms with E-state index >= 15 is 0 Å². The summed E-state index contributed by atoms with van der Waals surface area (Å²) in [5, 5.41) is 5.74. The molecule has 12 aliphatic rings. The van der Waals surface area contributed by atoms with Crippen LogP contribution in [0.5, 0.6) is 17.2 Å². The summed E-state index contributed by atoms with van der Waals surface area (Å²) in [6.07, 6.45) is 37.0. The smallest absolute Gasteiger partial charge is 0.251 e. The molecule has 12 fully saturated rings. The molecule has 0 aromatic heterocycles. The van der Waals surface area contributed by atoms with Crippen LogP contribution in [0, 0.1) is 54.3 Å². The highest BCUT2D eigenvalue weighted by molar-refractivity contribution is 5.95. The van der Waals surface area contributed by atoms with Gasteiger partial charge in [0.15, 0.2) is 0 Å². The first-order valence-electron chi connectivity index (χ1n) is 43.7. The first-order valence-corrected chi connectivity index (χ1v) is 43.7. The number of carbonyl (C=O) groups is 2. The Labute approximate surface area is 655 Å². The van der Waals surface area contributed by atoms with E-state index in [1.807, 2.05) is 55.5 Å². The lowest BCUT2D eigenvalue weighted by molar-refractivity contribution is 0.0934. The molecule has 18 rings (SSSR count). The quantitative estimate of drug-likeness (QED) is 0.0761. The zero-order valence-corrected chi connectivity index (χ0v) is 67.3. The molecule has 2 amide bonds. The SMILES string of the molecule is CCNC(=O)c1ccc(-c2ccc(OC)c(C3CCN([C@H]4C[C@H]5CC[C@H]4C5)CC3)c2)cc1.COCCNC(=O)c1ccc(-c2ccc(OC)c(C3CCN([C@H]4C[C@H]5CC[C@H]4C5)CC3)c2)cc1.COc1ccccc1C1CCN(C2C[C@H]3CC[C@H]2C3)CC1.Cc1ccccc1C1CCN(C2CCC3CCC(C3)C2)CC1. The van der Waals surface area contributed by atoms with E-state index in [4.69, 9.17) is 18.9 Å². The first-order chi connectivity index (χ1) is 53.5. The van der Waals surface area contributed by atoms with E-state index in [1.54, 1.807) is 40.4 Å². The zero-order chi connectivity index (χ0) is 74.7. The lowest BCUT2D eigenvalue weighted by atomic mass is 9.85. The number of para-hydroxylation sites is 1. The molecule has 109 heavy (non-hydrogen) atoms. The molecule has 6 aromatic rings. The van der Waals surface area contributed by atoms with Crippen molar-refractivity contribution in [1.29, 1.82) is 0 Å². The normalized spacial score (nSPS) is 28.6. The van der Waals surface area contributed by atoms with Crippen LogP contribution in [0.1, 0.15) is 246 Å². The van der Waals surface area contributed by atoms with E-state index in [0.29, 0.717) is 48.6 Å². The fourth-order valence-electron chi connectivity index (χ4n) is 23.9. The van der Waals surface area contributed by atoms with E-state index < -0.39 is 0 Å². The molecule has 6 aromatic carbocycles. The summed E-state index contributed by atoms with van der Waals surface area (Å²) in [5.74, 6) is 13.8. The summed E-state index contributed by atoms with van der Waals surface area (Å²) >= 11 is 0. The molecule has 8 saturated carbocycles. The van der Waals surface area contributed by atoms with Crippen molar-refractivity contribution in [2.45, 2.75) is 229 Å². The Hall–Kier alpha value is -6.54. The van der Waals surface area contributed by atoms with Gasteiger partial charge in [0, 0.05) is 55.5 Å². The number of nitrogens with one attached hydrogen (secondary N) is 2. The van der Waals surface area contributed by atoms with E-state index in [1.165, 1.54) is 246 Å². The molecule has 2 N–H and O–H groups in total. The van der Waals surface area contributed by atoms with Gasteiger partial charge in [-0.2, -0.15) is 0 Å². The van der Waals surface area contributed by atoms with Crippen molar-refractivity contribution >= 4 is 11.8 Å². The van der Waals surface area contributed by atoms with Crippen LogP contribution in [0.15, 0.2) is 133 Å². The van der Waals surface area contributed by atoms with Gasteiger partial charge in [0.05, 0.1) is 27.9 Å². The third kappa shape index (κ3) is 18.6. The van der Waals surface area contributed by atoms with Crippen LogP contribution in [-0.2, 0) is 4.74 Å². The minimum atomic E-state index is -0.0683. The minimum Gasteiger partial charge on any atom is -0.496 e. The molecule has 4 heterocycles. The molecule has 12 atom stereocenters. The number of amides is 2. The lowest BCUT2D eigenvalue weighted by Gasteiger charge is -2.40. The van der Waals surface area contributed by atoms with Gasteiger partial charge in [-0.05, 0) is 377 Å². The Balaban J connectivity index is 0.000000118. The van der Waals surface area contributed by atoms with Crippen LogP contribution in [0.25, 0.3) is 22.3 Å². The van der Waals surface area contributed by atoms with Crippen LogP contribution in [0.4, 0.5) is 0 Å². The highest BCUT2D eigenvalue weighted by Gasteiger charge is 2.46. The van der Waals surface area contributed by atoms with Crippen molar-refractivity contribution < 1.29 is 28.5 Å². The van der Waals surface area contributed by atoms with Crippen molar-refractivity contribution in [1.82, 2.24) is 30.2 Å². The molecular formula is C97H132N6O6. The van der Waals surface area contributed by atoms with Crippen molar-refractivity contribution in [3.63, 3.8) is 0 Å². The Morgan fingerprint density at radius 1 is 0.358 bits per heavy atom. The number of rotatable bonds is 19. The maximum Gasteiger partial charge on any atom is 0.251 e. The van der Waals surface area contributed by atoms with Gasteiger partial charge in [-0.25, -0.2) is 0 Å². The van der Waals surface area contributed by atoms with Crippen molar-refractivity contribution in [3.05, 3.63) is 172 Å². The summed E-state index contributed by atoms with van der Waals surface area (Å²) in [6.45, 7) is 16.0. The number of carbonyl (C=O) groups excluding carboxylic acids is 2. The second kappa shape index (κ2) is 37.0. The van der Waals surface area contributed by atoms with E-state index in [2.05, 4.69) is 122 Å². The van der Waals surface area contributed by atoms with Crippen molar-refractivity contribution in [2.75, 3.05) is 100 Å². The van der Waals surface area contributed by atoms with Crippen LogP contribution >= 0.6 is 0 Å². The number of likely N-dealkylation sites (tertiary alicyclic amines) is 4. The summed E-state index contributed by atoms with van der Waals surface area (Å²) in [4.78, 5) is 35.6. The number of piperidine rings is 4. The molecule has 4 aliphatic heterocycles. The molecule has 0 radical (unpaired) electrons. The number of fused-ring (bicyclic) bond motifs is 8. The van der Waals surface area contributed by atoms with Crippen molar-refractivity contribution in [3.8, 4) is 39.5 Å².